The number of piperazine rings is 1. The summed E-state index contributed by atoms with van der Waals surface area (Å²) < 4.78 is 7.10. The number of benzene rings is 1. The summed E-state index contributed by atoms with van der Waals surface area (Å²) in [5.41, 5.74) is 8.34. The summed E-state index contributed by atoms with van der Waals surface area (Å²) >= 11 is 3.52. The molecule has 2 N–H and O–H groups in total. The van der Waals surface area contributed by atoms with E-state index in [1.165, 1.54) is 6.42 Å². The number of rotatable bonds is 1. The summed E-state index contributed by atoms with van der Waals surface area (Å²) in [6.07, 6.45) is 6.79. The van der Waals surface area contributed by atoms with E-state index in [1.807, 2.05) is 18.2 Å². The smallest absolute Gasteiger partial charge is 0.222 e. The second kappa shape index (κ2) is 5.62. The molecule has 128 valence electrons. The number of aromatic nitrogens is 2. The van der Waals surface area contributed by atoms with E-state index in [0.29, 0.717) is 6.04 Å². The first kappa shape index (κ1) is 15.0. The number of hydrogen-bond acceptors (Lipinski definition) is 6. The average molecular weight is 400 g/mol. The maximum absolute atomic E-state index is 6.11. The van der Waals surface area contributed by atoms with Gasteiger partial charge >= 0.3 is 0 Å². The normalized spacial score (nSPS) is 20.4. The van der Waals surface area contributed by atoms with Gasteiger partial charge in [0.2, 0.25) is 5.95 Å². The topological polar surface area (TPSA) is 71.4 Å². The monoisotopic (exact) mass is 399 g/mol. The number of nitrogens with two attached hydrogens (primary N) is 1. The van der Waals surface area contributed by atoms with Crippen LogP contribution in [0.4, 0.5) is 11.8 Å². The van der Waals surface area contributed by atoms with Crippen LogP contribution in [-0.4, -0.2) is 40.5 Å². The van der Waals surface area contributed by atoms with Gasteiger partial charge in [0, 0.05) is 35.5 Å². The molecule has 1 fully saturated rings. The van der Waals surface area contributed by atoms with Gasteiger partial charge in [0.25, 0.3) is 0 Å². The molecule has 2 aromatic heterocycles. The molecule has 0 radical (unpaired) electrons. The van der Waals surface area contributed by atoms with Gasteiger partial charge in [-0.1, -0.05) is 22.0 Å². The standard InChI is InChI=1S/C18H18BrN5O/c19-11-4-5-14-13(9-11)15-16(25-14)17(22-18(20)21-15)24-8-7-23-6-2-1-3-12(23)10-24/h2,4-6,9,12H,1,3,7-8,10H2,(H2,20,21,22). The molecular weight excluding hydrogens is 382 g/mol. The molecule has 0 bridgehead atoms. The van der Waals surface area contributed by atoms with E-state index in [9.17, 15) is 0 Å². The highest BCUT2D eigenvalue weighted by atomic mass is 79.9. The first-order valence-electron chi connectivity index (χ1n) is 8.52. The zero-order valence-electron chi connectivity index (χ0n) is 13.7. The third-order valence-electron chi connectivity index (χ3n) is 5.06. The van der Waals surface area contributed by atoms with Crippen LogP contribution >= 0.6 is 15.9 Å². The summed E-state index contributed by atoms with van der Waals surface area (Å²) in [5, 5.41) is 0.957. The van der Waals surface area contributed by atoms with Crippen LogP contribution in [0, 0.1) is 0 Å². The van der Waals surface area contributed by atoms with Crippen molar-refractivity contribution in [2.24, 2.45) is 0 Å². The van der Waals surface area contributed by atoms with Gasteiger partial charge in [-0.15, -0.1) is 0 Å². The van der Waals surface area contributed by atoms with Gasteiger partial charge in [-0.25, -0.2) is 4.98 Å². The summed E-state index contributed by atoms with van der Waals surface area (Å²) in [6.45, 7) is 2.81. The van der Waals surface area contributed by atoms with E-state index in [2.05, 4.69) is 48.0 Å². The number of halogens is 1. The molecule has 0 saturated carbocycles. The fourth-order valence-corrected chi connectivity index (χ4v) is 4.21. The lowest BCUT2D eigenvalue weighted by molar-refractivity contribution is 0.226. The minimum atomic E-state index is 0.288. The molecule has 1 aromatic carbocycles. The average Bonchev–Trinajstić information content (AvgIpc) is 2.98. The molecule has 0 spiro atoms. The second-order valence-corrected chi connectivity index (χ2v) is 7.54. The van der Waals surface area contributed by atoms with Gasteiger partial charge < -0.3 is 20.0 Å². The molecule has 2 aliphatic rings. The lowest BCUT2D eigenvalue weighted by Gasteiger charge is -2.43. The minimum absolute atomic E-state index is 0.288. The molecule has 6 nitrogen and oxygen atoms in total. The van der Waals surface area contributed by atoms with Crippen LogP contribution in [0.25, 0.3) is 22.1 Å². The molecule has 3 aromatic rings. The van der Waals surface area contributed by atoms with Crippen molar-refractivity contribution >= 4 is 49.8 Å². The zero-order valence-corrected chi connectivity index (χ0v) is 15.2. The second-order valence-electron chi connectivity index (χ2n) is 6.63. The Morgan fingerprint density at radius 2 is 2.16 bits per heavy atom. The Morgan fingerprint density at radius 1 is 1.24 bits per heavy atom. The Kier molecular flexibility index (Phi) is 3.38. The molecule has 2 aliphatic heterocycles. The number of nitrogens with zero attached hydrogens (tertiary/aromatic N) is 4. The molecule has 0 amide bonds. The van der Waals surface area contributed by atoms with E-state index in [1.54, 1.807) is 0 Å². The van der Waals surface area contributed by atoms with Gasteiger partial charge in [0.1, 0.15) is 11.1 Å². The quantitative estimate of drug-likeness (QED) is 0.674. The van der Waals surface area contributed by atoms with Crippen molar-refractivity contribution in [3.8, 4) is 0 Å². The fraction of sp³-hybridized carbons (Fsp3) is 0.333. The Labute approximate surface area is 153 Å². The number of hydrogen-bond donors (Lipinski definition) is 1. The molecule has 4 heterocycles. The first-order chi connectivity index (χ1) is 12.2. The number of nitrogen functional groups attached to an aromatic ring is 1. The van der Waals surface area contributed by atoms with Crippen LogP contribution in [-0.2, 0) is 0 Å². The predicted molar refractivity (Wildman–Crippen MR) is 103 cm³/mol. The highest BCUT2D eigenvalue weighted by Crippen LogP contribution is 2.36. The van der Waals surface area contributed by atoms with Crippen molar-refractivity contribution in [2.45, 2.75) is 18.9 Å². The van der Waals surface area contributed by atoms with Gasteiger partial charge in [0.05, 0.1) is 0 Å². The molecule has 0 aliphatic carbocycles. The van der Waals surface area contributed by atoms with Crippen LogP contribution < -0.4 is 10.6 Å². The zero-order chi connectivity index (χ0) is 17.0. The Balaban J connectivity index is 1.63. The van der Waals surface area contributed by atoms with Crippen molar-refractivity contribution in [1.29, 1.82) is 0 Å². The first-order valence-corrected chi connectivity index (χ1v) is 9.31. The van der Waals surface area contributed by atoms with Crippen LogP contribution in [0.5, 0.6) is 0 Å². The Hall–Kier alpha value is -2.28. The highest BCUT2D eigenvalue weighted by Gasteiger charge is 2.29. The molecule has 7 heteroatoms. The molecule has 1 saturated heterocycles. The number of anilines is 2. The summed E-state index contributed by atoms with van der Waals surface area (Å²) in [6, 6.07) is 6.45. The third-order valence-corrected chi connectivity index (χ3v) is 5.56. The van der Waals surface area contributed by atoms with Crippen LogP contribution in [0.15, 0.2) is 39.4 Å². The predicted octanol–water partition coefficient (Wildman–Crippen LogP) is 3.52. The maximum atomic E-state index is 6.11. The Bertz CT molecular complexity index is 998. The van der Waals surface area contributed by atoms with Crippen molar-refractivity contribution in [2.75, 3.05) is 30.3 Å². The van der Waals surface area contributed by atoms with Crippen LogP contribution in [0.3, 0.4) is 0 Å². The fourth-order valence-electron chi connectivity index (χ4n) is 3.85. The minimum Gasteiger partial charge on any atom is -0.450 e. The number of allylic oxidation sites excluding steroid dienone is 1. The van der Waals surface area contributed by atoms with Crippen molar-refractivity contribution in [1.82, 2.24) is 14.9 Å². The molecule has 1 unspecified atom stereocenters. The Morgan fingerprint density at radius 3 is 3.08 bits per heavy atom. The molecule has 5 rings (SSSR count). The highest BCUT2D eigenvalue weighted by molar-refractivity contribution is 9.10. The maximum Gasteiger partial charge on any atom is 0.222 e. The van der Waals surface area contributed by atoms with Crippen molar-refractivity contribution in [3.63, 3.8) is 0 Å². The lowest BCUT2D eigenvalue weighted by Crippen LogP contribution is -2.52. The van der Waals surface area contributed by atoms with Gasteiger partial charge in [-0.2, -0.15) is 4.98 Å². The third kappa shape index (κ3) is 2.45. The molecule has 25 heavy (non-hydrogen) atoms. The van der Waals surface area contributed by atoms with E-state index in [0.717, 1.165) is 58.4 Å². The summed E-state index contributed by atoms with van der Waals surface area (Å²) in [4.78, 5) is 13.7. The van der Waals surface area contributed by atoms with E-state index in [4.69, 9.17) is 10.2 Å². The van der Waals surface area contributed by atoms with Gasteiger partial charge in [-0.3, -0.25) is 0 Å². The van der Waals surface area contributed by atoms with E-state index >= 15 is 0 Å². The number of furan rings is 1. The molecular formula is C18H18BrN5O. The summed E-state index contributed by atoms with van der Waals surface area (Å²) in [7, 11) is 0. The lowest BCUT2D eigenvalue weighted by atomic mass is 10.0. The largest absolute Gasteiger partial charge is 0.450 e. The molecule has 1 atom stereocenters. The van der Waals surface area contributed by atoms with Crippen molar-refractivity contribution < 1.29 is 4.42 Å². The van der Waals surface area contributed by atoms with Crippen LogP contribution in [0.1, 0.15) is 12.8 Å². The van der Waals surface area contributed by atoms with E-state index < -0.39 is 0 Å². The SMILES string of the molecule is Nc1nc(N2CCN3C=CCCC3C2)c2oc3ccc(Br)cc3c2n1. The van der Waals surface area contributed by atoms with Gasteiger partial charge in [-0.05, 0) is 37.2 Å². The summed E-state index contributed by atoms with van der Waals surface area (Å²) in [5.74, 6) is 1.10. The van der Waals surface area contributed by atoms with Crippen LogP contribution in [0.2, 0.25) is 0 Å². The van der Waals surface area contributed by atoms with E-state index in [-0.39, 0.29) is 5.95 Å². The number of fused-ring (bicyclic) bond motifs is 4. The van der Waals surface area contributed by atoms with Gasteiger partial charge in [0.15, 0.2) is 11.4 Å². The van der Waals surface area contributed by atoms with Crippen molar-refractivity contribution in [3.05, 3.63) is 34.9 Å².